The molecule has 2 aliphatic heterocycles. The van der Waals surface area contributed by atoms with E-state index in [2.05, 4.69) is 5.32 Å². The SMILES string of the molecule is CNC1CC2CC[C@H](C1)N2C(=O)OC(C)(C)C. The van der Waals surface area contributed by atoms with Crippen LogP contribution in [0.4, 0.5) is 4.79 Å². The van der Waals surface area contributed by atoms with Crippen molar-refractivity contribution in [2.45, 2.75) is 70.2 Å². The lowest BCUT2D eigenvalue weighted by atomic mass is 9.98. The number of hydrogen-bond acceptors (Lipinski definition) is 3. The van der Waals surface area contributed by atoms with Crippen LogP contribution in [0.2, 0.25) is 0 Å². The fourth-order valence-corrected chi connectivity index (χ4v) is 3.03. The highest BCUT2D eigenvalue weighted by Crippen LogP contribution is 2.36. The highest BCUT2D eigenvalue weighted by molar-refractivity contribution is 5.69. The van der Waals surface area contributed by atoms with Crippen LogP contribution in [0.1, 0.15) is 46.5 Å². The first-order valence-corrected chi connectivity index (χ1v) is 6.59. The molecule has 2 bridgehead atoms. The zero-order valence-electron chi connectivity index (χ0n) is 11.3. The van der Waals surface area contributed by atoms with Crippen LogP contribution in [0.5, 0.6) is 0 Å². The molecule has 2 unspecified atom stereocenters. The molecular formula is C13H24N2O2. The van der Waals surface area contributed by atoms with Gasteiger partial charge in [-0.1, -0.05) is 0 Å². The van der Waals surface area contributed by atoms with Gasteiger partial charge in [0.15, 0.2) is 0 Å². The van der Waals surface area contributed by atoms with Crippen molar-refractivity contribution in [1.82, 2.24) is 10.2 Å². The molecule has 2 saturated heterocycles. The number of carbonyl (C=O) groups is 1. The molecule has 17 heavy (non-hydrogen) atoms. The smallest absolute Gasteiger partial charge is 0.410 e. The Morgan fingerprint density at radius 1 is 1.24 bits per heavy atom. The third kappa shape index (κ3) is 2.73. The van der Waals surface area contributed by atoms with Gasteiger partial charge in [-0.2, -0.15) is 0 Å². The fourth-order valence-electron chi connectivity index (χ4n) is 3.03. The second-order valence-corrected chi connectivity index (χ2v) is 6.23. The third-order valence-electron chi connectivity index (χ3n) is 3.75. The van der Waals surface area contributed by atoms with Crippen LogP contribution < -0.4 is 5.32 Å². The molecule has 2 fully saturated rings. The normalized spacial score (nSPS) is 32.7. The van der Waals surface area contributed by atoms with Gasteiger partial charge >= 0.3 is 6.09 Å². The van der Waals surface area contributed by atoms with Gasteiger partial charge in [0.1, 0.15) is 5.60 Å². The van der Waals surface area contributed by atoms with Gasteiger partial charge < -0.3 is 15.0 Å². The molecule has 2 heterocycles. The van der Waals surface area contributed by atoms with Crippen LogP contribution in [0.3, 0.4) is 0 Å². The Bertz CT molecular complexity index is 284. The van der Waals surface area contributed by atoms with Crippen LogP contribution in [-0.2, 0) is 4.74 Å². The van der Waals surface area contributed by atoms with Crippen molar-refractivity contribution in [2.75, 3.05) is 7.05 Å². The number of carbonyl (C=O) groups excluding carboxylic acids is 1. The predicted molar refractivity (Wildman–Crippen MR) is 67.0 cm³/mol. The molecule has 0 aromatic carbocycles. The second-order valence-electron chi connectivity index (χ2n) is 6.23. The predicted octanol–water partition coefficient (Wildman–Crippen LogP) is 2.14. The molecule has 4 nitrogen and oxygen atoms in total. The first-order valence-electron chi connectivity index (χ1n) is 6.59. The Balaban J connectivity index is 2.01. The van der Waals surface area contributed by atoms with Gasteiger partial charge in [-0.15, -0.1) is 0 Å². The molecule has 3 atom stereocenters. The van der Waals surface area contributed by atoms with E-state index in [-0.39, 0.29) is 6.09 Å². The Morgan fingerprint density at radius 2 is 1.76 bits per heavy atom. The van der Waals surface area contributed by atoms with Crippen molar-refractivity contribution in [3.63, 3.8) is 0 Å². The molecule has 4 heteroatoms. The summed E-state index contributed by atoms with van der Waals surface area (Å²) in [4.78, 5) is 14.1. The number of rotatable bonds is 1. The van der Waals surface area contributed by atoms with Gasteiger partial charge in [-0.05, 0) is 53.5 Å². The van der Waals surface area contributed by atoms with E-state index in [9.17, 15) is 4.79 Å². The fraction of sp³-hybridized carbons (Fsp3) is 0.923. The van der Waals surface area contributed by atoms with Crippen LogP contribution in [0, 0.1) is 0 Å². The van der Waals surface area contributed by atoms with E-state index in [0.717, 1.165) is 25.7 Å². The van der Waals surface area contributed by atoms with E-state index in [0.29, 0.717) is 18.1 Å². The molecular weight excluding hydrogens is 216 g/mol. The summed E-state index contributed by atoms with van der Waals surface area (Å²) in [5.74, 6) is 0. The van der Waals surface area contributed by atoms with Gasteiger partial charge in [0.25, 0.3) is 0 Å². The van der Waals surface area contributed by atoms with Crippen LogP contribution in [0.15, 0.2) is 0 Å². The van der Waals surface area contributed by atoms with Crippen LogP contribution >= 0.6 is 0 Å². The van der Waals surface area contributed by atoms with Gasteiger partial charge in [-0.3, -0.25) is 0 Å². The zero-order valence-corrected chi connectivity index (χ0v) is 11.3. The van der Waals surface area contributed by atoms with Gasteiger partial charge in [0.05, 0.1) is 0 Å². The number of piperidine rings is 1. The lowest BCUT2D eigenvalue weighted by molar-refractivity contribution is 0.00503. The lowest BCUT2D eigenvalue weighted by Crippen LogP contribution is -2.52. The summed E-state index contributed by atoms with van der Waals surface area (Å²) in [7, 11) is 2.01. The number of hydrogen-bond donors (Lipinski definition) is 1. The summed E-state index contributed by atoms with van der Waals surface area (Å²) < 4.78 is 5.49. The zero-order chi connectivity index (χ0) is 12.6. The Morgan fingerprint density at radius 3 is 2.18 bits per heavy atom. The van der Waals surface area contributed by atoms with E-state index in [4.69, 9.17) is 4.74 Å². The highest BCUT2D eigenvalue weighted by atomic mass is 16.6. The summed E-state index contributed by atoms with van der Waals surface area (Å²) in [6.07, 6.45) is 4.25. The van der Waals surface area contributed by atoms with E-state index >= 15 is 0 Å². The topological polar surface area (TPSA) is 41.6 Å². The van der Waals surface area contributed by atoms with Crippen molar-refractivity contribution in [3.8, 4) is 0 Å². The maximum absolute atomic E-state index is 12.2. The van der Waals surface area contributed by atoms with Crippen molar-refractivity contribution in [2.24, 2.45) is 0 Å². The molecule has 1 N–H and O–H groups in total. The first kappa shape index (κ1) is 12.7. The molecule has 0 aromatic heterocycles. The Kier molecular flexibility index (Phi) is 3.34. The van der Waals surface area contributed by atoms with Gasteiger partial charge in [-0.25, -0.2) is 4.79 Å². The average Bonchev–Trinajstić information content (AvgIpc) is 2.47. The van der Waals surface area contributed by atoms with Crippen molar-refractivity contribution in [3.05, 3.63) is 0 Å². The quantitative estimate of drug-likeness (QED) is 0.763. The summed E-state index contributed by atoms with van der Waals surface area (Å²) in [5.41, 5.74) is -0.392. The minimum atomic E-state index is -0.392. The van der Waals surface area contributed by atoms with Crippen molar-refractivity contribution < 1.29 is 9.53 Å². The molecule has 0 spiro atoms. The second kappa shape index (κ2) is 4.48. The minimum Gasteiger partial charge on any atom is -0.444 e. The van der Waals surface area contributed by atoms with Crippen LogP contribution in [0.25, 0.3) is 0 Å². The van der Waals surface area contributed by atoms with Crippen molar-refractivity contribution >= 4 is 6.09 Å². The van der Waals surface area contributed by atoms with E-state index < -0.39 is 5.60 Å². The lowest BCUT2D eigenvalue weighted by Gasteiger charge is -2.39. The highest BCUT2D eigenvalue weighted by Gasteiger charge is 2.44. The van der Waals surface area contributed by atoms with E-state index in [1.54, 1.807) is 0 Å². The molecule has 2 rings (SSSR count). The Hall–Kier alpha value is -0.770. The van der Waals surface area contributed by atoms with E-state index in [1.807, 2.05) is 32.7 Å². The maximum Gasteiger partial charge on any atom is 0.410 e. The molecule has 0 radical (unpaired) electrons. The number of nitrogens with zero attached hydrogens (tertiary/aromatic N) is 1. The minimum absolute atomic E-state index is 0.125. The largest absolute Gasteiger partial charge is 0.444 e. The average molecular weight is 240 g/mol. The maximum atomic E-state index is 12.2. The summed E-state index contributed by atoms with van der Waals surface area (Å²) >= 11 is 0. The molecule has 0 aliphatic carbocycles. The number of amides is 1. The third-order valence-corrected chi connectivity index (χ3v) is 3.75. The molecule has 0 saturated carbocycles. The first-order chi connectivity index (χ1) is 7.90. The molecule has 0 aromatic rings. The molecule has 1 amide bonds. The number of nitrogens with one attached hydrogen (secondary N) is 1. The standard InChI is InChI=1S/C13H24N2O2/c1-13(2,3)17-12(16)15-10-5-6-11(15)8-9(7-10)14-4/h9-11,14H,5-8H2,1-4H3/t9?,10-,11?/m1/s1. The van der Waals surface area contributed by atoms with Crippen molar-refractivity contribution in [1.29, 1.82) is 0 Å². The monoisotopic (exact) mass is 240 g/mol. The van der Waals surface area contributed by atoms with Gasteiger partial charge in [0, 0.05) is 18.1 Å². The van der Waals surface area contributed by atoms with Gasteiger partial charge in [0.2, 0.25) is 0 Å². The summed E-state index contributed by atoms with van der Waals surface area (Å²) in [5, 5.41) is 3.33. The van der Waals surface area contributed by atoms with Crippen LogP contribution in [-0.4, -0.2) is 41.8 Å². The summed E-state index contributed by atoms with van der Waals surface area (Å²) in [6, 6.07) is 1.31. The molecule has 2 aliphatic rings. The summed E-state index contributed by atoms with van der Waals surface area (Å²) in [6.45, 7) is 5.77. The van der Waals surface area contributed by atoms with E-state index in [1.165, 1.54) is 0 Å². The number of ether oxygens (including phenoxy) is 1. The Labute approximate surface area is 104 Å². The number of fused-ring (bicyclic) bond motifs is 2. The molecule has 98 valence electrons.